The van der Waals surface area contributed by atoms with Crippen molar-refractivity contribution in [2.24, 2.45) is 5.92 Å². The van der Waals surface area contributed by atoms with Gasteiger partial charge in [-0.05, 0) is 60.2 Å². The maximum absolute atomic E-state index is 3.29. The topological polar surface area (TPSA) is 18.5 Å². The van der Waals surface area contributed by atoms with Crippen molar-refractivity contribution < 1.29 is 0 Å². The van der Waals surface area contributed by atoms with Crippen LogP contribution in [-0.2, 0) is 0 Å². The number of likely N-dealkylation sites (tertiary alicyclic amines) is 1. The van der Waals surface area contributed by atoms with E-state index in [0.717, 1.165) is 5.92 Å². The first-order valence-corrected chi connectivity index (χ1v) is 7.17. The molecule has 1 aliphatic rings. The van der Waals surface area contributed by atoms with Crippen LogP contribution < -0.4 is 5.32 Å². The summed E-state index contributed by atoms with van der Waals surface area (Å²) < 4.78 is 0. The number of hydrogen-bond donors (Lipinski definition) is 1. The van der Waals surface area contributed by atoms with Crippen LogP contribution in [-0.4, -0.2) is 61.7 Å². The molecule has 0 radical (unpaired) electrons. The first-order chi connectivity index (χ1) is 8.04. The highest BCUT2D eigenvalue weighted by Gasteiger charge is 2.22. The predicted molar refractivity (Wildman–Crippen MR) is 75.5 cm³/mol. The first kappa shape index (κ1) is 14.9. The third-order valence-electron chi connectivity index (χ3n) is 3.86. The molecule has 1 aliphatic heterocycles. The molecule has 0 aromatic heterocycles. The minimum absolute atomic E-state index is 0.658. The summed E-state index contributed by atoms with van der Waals surface area (Å²) in [7, 11) is 2.06. The van der Waals surface area contributed by atoms with Crippen LogP contribution in [0.5, 0.6) is 0 Å². The second kappa shape index (κ2) is 7.34. The zero-order chi connectivity index (χ0) is 12.8. The average molecular weight is 241 g/mol. The third kappa shape index (κ3) is 4.94. The van der Waals surface area contributed by atoms with E-state index in [1.54, 1.807) is 0 Å². The van der Waals surface area contributed by atoms with Gasteiger partial charge >= 0.3 is 0 Å². The molecule has 102 valence electrons. The zero-order valence-electron chi connectivity index (χ0n) is 12.4. The smallest absolute Gasteiger partial charge is 0.0115 e. The highest BCUT2D eigenvalue weighted by molar-refractivity contribution is 4.78. The van der Waals surface area contributed by atoms with Gasteiger partial charge in [-0.15, -0.1) is 0 Å². The van der Waals surface area contributed by atoms with Crippen molar-refractivity contribution in [2.45, 2.75) is 46.2 Å². The standard InChI is InChI=1S/C14H31N3/c1-12(2)17(13(3)4)9-8-16-7-6-14(11-16)10-15-5/h12-15H,6-11H2,1-5H3. The van der Waals surface area contributed by atoms with E-state index in [4.69, 9.17) is 0 Å². The molecule has 3 heteroatoms. The molecule has 0 amide bonds. The number of nitrogens with zero attached hydrogens (tertiary/aromatic N) is 2. The molecule has 1 fully saturated rings. The van der Waals surface area contributed by atoms with E-state index in [9.17, 15) is 0 Å². The van der Waals surface area contributed by atoms with Crippen molar-refractivity contribution in [1.82, 2.24) is 15.1 Å². The van der Waals surface area contributed by atoms with E-state index in [2.05, 4.69) is 49.9 Å². The Bertz CT molecular complexity index is 196. The molecule has 0 aromatic carbocycles. The monoisotopic (exact) mass is 241 g/mol. The Morgan fingerprint density at radius 2 is 1.88 bits per heavy atom. The lowest BCUT2D eigenvalue weighted by atomic mass is 10.1. The molecular weight excluding hydrogens is 210 g/mol. The lowest BCUT2D eigenvalue weighted by Crippen LogP contribution is -2.42. The van der Waals surface area contributed by atoms with E-state index in [0.29, 0.717) is 12.1 Å². The van der Waals surface area contributed by atoms with Crippen molar-refractivity contribution >= 4 is 0 Å². The van der Waals surface area contributed by atoms with E-state index < -0.39 is 0 Å². The highest BCUT2D eigenvalue weighted by atomic mass is 15.2. The lowest BCUT2D eigenvalue weighted by Gasteiger charge is -2.32. The molecule has 1 heterocycles. The summed E-state index contributed by atoms with van der Waals surface area (Å²) in [5, 5.41) is 3.29. The second-order valence-corrected chi connectivity index (χ2v) is 5.94. The van der Waals surface area contributed by atoms with Gasteiger partial charge in [0, 0.05) is 31.7 Å². The fourth-order valence-corrected chi connectivity index (χ4v) is 2.94. The Labute approximate surface area is 108 Å². The van der Waals surface area contributed by atoms with Crippen molar-refractivity contribution in [3.8, 4) is 0 Å². The van der Waals surface area contributed by atoms with E-state index in [-0.39, 0.29) is 0 Å². The van der Waals surface area contributed by atoms with Crippen LogP contribution in [0.3, 0.4) is 0 Å². The predicted octanol–water partition coefficient (Wildman–Crippen LogP) is 1.65. The van der Waals surface area contributed by atoms with Crippen LogP contribution in [0.2, 0.25) is 0 Å². The molecule has 1 N–H and O–H groups in total. The van der Waals surface area contributed by atoms with E-state index >= 15 is 0 Å². The largest absolute Gasteiger partial charge is 0.319 e. The van der Waals surface area contributed by atoms with Gasteiger partial charge in [0.2, 0.25) is 0 Å². The summed E-state index contributed by atoms with van der Waals surface area (Å²) in [6, 6.07) is 1.32. The molecule has 0 aromatic rings. The summed E-state index contributed by atoms with van der Waals surface area (Å²) in [6.07, 6.45) is 1.37. The van der Waals surface area contributed by atoms with Gasteiger partial charge in [0.05, 0.1) is 0 Å². The number of rotatable bonds is 7. The van der Waals surface area contributed by atoms with Crippen LogP contribution >= 0.6 is 0 Å². The highest BCUT2D eigenvalue weighted by Crippen LogP contribution is 2.15. The maximum Gasteiger partial charge on any atom is 0.0115 e. The van der Waals surface area contributed by atoms with Gasteiger partial charge in [-0.25, -0.2) is 0 Å². The van der Waals surface area contributed by atoms with Crippen molar-refractivity contribution in [3.05, 3.63) is 0 Å². The fourth-order valence-electron chi connectivity index (χ4n) is 2.94. The first-order valence-electron chi connectivity index (χ1n) is 7.17. The van der Waals surface area contributed by atoms with Gasteiger partial charge in [0.1, 0.15) is 0 Å². The molecule has 1 unspecified atom stereocenters. The Kier molecular flexibility index (Phi) is 6.45. The number of nitrogens with one attached hydrogen (secondary N) is 1. The van der Waals surface area contributed by atoms with Gasteiger partial charge in [-0.2, -0.15) is 0 Å². The molecule has 3 nitrogen and oxygen atoms in total. The van der Waals surface area contributed by atoms with Crippen molar-refractivity contribution in [1.29, 1.82) is 0 Å². The SMILES string of the molecule is CNCC1CCN(CCN(C(C)C)C(C)C)C1. The molecule has 0 aliphatic carbocycles. The van der Waals surface area contributed by atoms with Crippen LogP contribution in [0.25, 0.3) is 0 Å². The quantitative estimate of drug-likeness (QED) is 0.731. The summed E-state index contributed by atoms with van der Waals surface area (Å²) >= 11 is 0. The zero-order valence-corrected chi connectivity index (χ0v) is 12.4. The molecule has 1 rings (SSSR count). The van der Waals surface area contributed by atoms with E-state index in [1.807, 2.05) is 0 Å². The minimum Gasteiger partial charge on any atom is -0.319 e. The summed E-state index contributed by atoms with van der Waals surface area (Å²) in [4.78, 5) is 5.21. The summed E-state index contributed by atoms with van der Waals surface area (Å²) in [6.45, 7) is 15.4. The molecule has 0 bridgehead atoms. The molecule has 1 atom stereocenters. The van der Waals surface area contributed by atoms with Crippen LogP contribution in [0.4, 0.5) is 0 Å². The molecule has 1 saturated heterocycles. The summed E-state index contributed by atoms with van der Waals surface area (Å²) in [5.41, 5.74) is 0. The third-order valence-corrected chi connectivity index (χ3v) is 3.86. The second-order valence-electron chi connectivity index (χ2n) is 5.94. The van der Waals surface area contributed by atoms with Crippen molar-refractivity contribution in [3.63, 3.8) is 0 Å². The molecule has 17 heavy (non-hydrogen) atoms. The Morgan fingerprint density at radius 1 is 1.24 bits per heavy atom. The molecule has 0 spiro atoms. The Hall–Kier alpha value is -0.120. The van der Waals surface area contributed by atoms with Gasteiger partial charge < -0.3 is 10.2 Å². The van der Waals surface area contributed by atoms with Gasteiger partial charge in [0.15, 0.2) is 0 Å². The minimum atomic E-state index is 0.658. The Morgan fingerprint density at radius 3 is 2.41 bits per heavy atom. The lowest BCUT2D eigenvalue weighted by molar-refractivity contribution is 0.151. The summed E-state index contributed by atoms with van der Waals surface area (Å²) in [5.74, 6) is 0.867. The van der Waals surface area contributed by atoms with Gasteiger partial charge in [-0.3, -0.25) is 4.90 Å². The van der Waals surface area contributed by atoms with Crippen LogP contribution in [0, 0.1) is 5.92 Å². The van der Waals surface area contributed by atoms with Crippen molar-refractivity contribution in [2.75, 3.05) is 39.8 Å². The van der Waals surface area contributed by atoms with Crippen LogP contribution in [0.1, 0.15) is 34.1 Å². The fraction of sp³-hybridized carbons (Fsp3) is 1.00. The molecule has 0 saturated carbocycles. The normalized spacial score (nSPS) is 22.2. The molecular formula is C14H31N3. The Balaban J connectivity index is 2.26. The van der Waals surface area contributed by atoms with E-state index in [1.165, 1.54) is 39.1 Å². The van der Waals surface area contributed by atoms with Gasteiger partial charge in [0.25, 0.3) is 0 Å². The van der Waals surface area contributed by atoms with Crippen LogP contribution in [0.15, 0.2) is 0 Å². The number of hydrogen-bond acceptors (Lipinski definition) is 3. The maximum atomic E-state index is 3.29. The average Bonchev–Trinajstić information content (AvgIpc) is 2.65. The van der Waals surface area contributed by atoms with Gasteiger partial charge in [-0.1, -0.05) is 0 Å².